The number of carbonyl (C=O) groups is 1. The van der Waals surface area contributed by atoms with E-state index in [0.717, 1.165) is 0 Å². The summed E-state index contributed by atoms with van der Waals surface area (Å²) in [4.78, 5) is 11.2. The molecule has 2 rings (SSSR count). The maximum atomic E-state index is 11.2. The van der Waals surface area contributed by atoms with E-state index in [0.29, 0.717) is 12.3 Å². The zero-order valence-electron chi connectivity index (χ0n) is 13.2. The molecule has 4 heteroatoms. The standard InChI is InChI=1S/C16H28O4/c1-11(17)18-14-10-13(12-8-6-5-7-9-12)19-15(20-14)16(2,3)4/h12-15H,5-10H2,1-4H3/t13-,14+,15+/m1/s1. The Kier molecular flexibility index (Phi) is 5.08. The van der Waals surface area contributed by atoms with Gasteiger partial charge in [-0.2, -0.15) is 0 Å². The first-order chi connectivity index (χ1) is 9.36. The zero-order valence-corrected chi connectivity index (χ0v) is 13.2. The van der Waals surface area contributed by atoms with E-state index in [1.54, 1.807) is 0 Å². The van der Waals surface area contributed by atoms with Crippen molar-refractivity contribution in [3.05, 3.63) is 0 Å². The van der Waals surface area contributed by atoms with Crippen LogP contribution >= 0.6 is 0 Å². The van der Waals surface area contributed by atoms with Crippen LogP contribution in [0.25, 0.3) is 0 Å². The molecule has 3 atom stereocenters. The summed E-state index contributed by atoms with van der Waals surface area (Å²) in [5, 5.41) is 0. The highest BCUT2D eigenvalue weighted by atomic mass is 16.8. The molecule has 0 aromatic rings. The van der Waals surface area contributed by atoms with Crippen LogP contribution in [0.4, 0.5) is 0 Å². The van der Waals surface area contributed by atoms with E-state index in [-0.39, 0.29) is 23.8 Å². The first-order valence-corrected chi connectivity index (χ1v) is 7.84. The summed E-state index contributed by atoms with van der Waals surface area (Å²) in [6, 6.07) is 0. The maximum absolute atomic E-state index is 11.2. The van der Waals surface area contributed by atoms with Crippen LogP contribution in [0.1, 0.15) is 66.2 Å². The Morgan fingerprint density at radius 2 is 1.75 bits per heavy atom. The van der Waals surface area contributed by atoms with Crippen LogP contribution in [0.5, 0.6) is 0 Å². The number of esters is 1. The quantitative estimate of drug-likeness (QED) is 0.726. The van der Waals surface area contributed by atoms with E-state index in [4.69, 9.17) is 14.2 Å². The minimum absolute atomic E-state index is 0.119. The Labute approximate surface area is 122 Å². The van der Waals surface area contributed by atoms with Gasteiger partial charge in [-0.3, -0.25) is 4.79 Å². The minimum Gasteiger partial charge on any atom is -0.436 e. The van der Waals surface area contributed by atoms with Gasteiger partial charge in [-0.15, -0.1) is 0 Å². The SMILES string of the molecule is CC(=O)O[C@@H]1C[C@H](C2CCCCC2)O[C@H](C(C)(C)C)O1. The van der Waals surface area contributed by atoms with E-state index in [2.05, 4.69) is 20.8 Å². The van der Waals surface area contributed by atoms with Gasteiger partial charge in [0, 0.05) is 18.8 Å². The third-order valence-electron chi connectivity index (χ3n) is 4.18. The fraction of sp³-hybridized carbons (Fsp3) is 0.938. The molecule has 0 amide bonds. The van der Waals surface area contributed by atoms with Crippen molar-refractivity contribution in [2.75, 3.05) is 0 Å². The van der Waals surface area contributed by atoms with Gasteiger partial charge >= 0.3 is 5.97 Å². The average Bonchev–Trinajstić information content (AvgIpc) is 2.37. The van der Waals surface area contributed by atoms with Crippen LogP contribution in [0, 0.1) is 11.3 Å². The monoisotopic (exact) mass is 284 g/mol. The number of hydrogen-bond acceptors (Lipinski definition) is 4. The molecule has 0 N–H and O–H groups in total. The second-order valence-electron chi connectivity index (χ2n) is 7.18. The second-order valence-corrected chi connectivity index (χ2v) is 7.18. The molecule has 1 heterocycles. The van der Waals surface area contributed by atoms with Crippen LogP contribution in [0.3, 0.4) is 0 Å². The van der Waals surface area contributed by atoms with Crippen molar-refractivity contribution in [2.45, 2.75) is 84.9 Å². The van der Waals surface area contributed by atoms with Crippen molar-refractivity contribution in [1.82, 2.24) is 0 Å². The molecule has 1 saturated heterocycles. The summed E-state index contributed by atoms with van der Waals surface area (Å²) < 4.78 is 17.3. The highest BCUT2D eigenvalue weighted by Gasteiger charge is 2.41. The predicted molar refractivity (Wildman–Crippen MR) is 75.9 cm³/mol. The lowest BCUT2D eigenvalue weighted by molar-refractivity contribution is -0.331. The molecule has 0 unspecified atom stereocenters. The van der Waals surface area contributed by atoms with Crippen molar-refractivity contribution >= 4 is 5.97 Å². The third kappa shape index (κ3) is 4.19. The summed E-state index contributed by atoms with van der Waals surface area (Å²) in [5.74, 6) is 0.294. The number of rotatable bonds is 2. The molecule has 1 aliphatic heterocycles. The van der Waals surface area contributed by atoms with Gasteiger partial charge in [-0.1, -0.05) is 40.0 Å². The van der Waals surface area contributed by atoms with Crippen molar-refractivity contribution in [1.29, 1.82) is 0 Å². The first-order valence-electron chi connectivity index (χ1n) is 7.84. The first kappa shape index (κ1) is 15.8. The lowest BCUT2D eigenvalue weighted by Gasteiger charge is -2.43. The van der Waals surface area contributed by atoms with E-state index in [1.807, 2.05) is 0 Å². The van der Waals surface area contributed by atoms with Crippen molar-refractivity contribution in [2.24, 2.45) is 11.3 Å². The Balaban J connectivity index is 2.04. The number of ether oxygens (including phenoxy) is 3. The summed E-state index contributed by atoms with van der Waals surface area (Å²) in [6.07, 6.45) is 6.37. The molecule has 0 spiro atoms. The van der Waals surface area contributed by atoms with Crippen molar-refractivity contribution in [3.8, 4) is 0 Å². The molecule has 2 aliphatic rings. The molecule has 0 aromatic carbocycles. The van der Waals surface area contributed by atoms with Crippen LogP contribution in [-0.4, -0.2) is 24.7 Å². The summed E-state index contributed by atoms with van der Waals surface area (Å²) in [6.45, 7) is 7.70. The number of carbonyl (C=O) groups excluding carboxylic acids is 1. The fourth-order valence-electron chi connectivity index (χ4n) is 3.11. The summed E-state index contributed by atoms with van der Waals surface area (Å²) in [7, 11) is 0. The van der Waals surface area contributed by atoms with Crippen molar-refractivity contribution in [3.63, 3.8) is 0 Å². The maximum Gasteiger partial charge on any atom is 0.304 e. The van der Waals surface area contributed by atoms with Gasteiger partial charge in [0.15, 0.2) is 6.29 Å². The van der Waals surface area contributed by atoms with Crippen molar-refractivity contribution < 1.29 is 19.0 Å². The van der Waals surface area contributed by atoms with Crippen LogP contribution < -0.4 is 0 Å². The largest absolute Gasteiger partial charge is 0.436 e. The van der Waals surface area contributed by atoms with E-state index in [9.17, 15) is 4.79 Å². The van der Waals surface area contributed by atoms with E-state index in [1.165, 1.54) is 39.0 Å². The highest BCUT2D eigenvalue weighted by molar-refractivity contribution is 5.66. The molecule has 0 aromatic heterocycles. The smallest absolute Gasteiger partial charge is 0.304 e. The average molecular weight is 284 g/mol. The van der Waals surface area contributed by atoms with E-state index < -0.39 is 6.29 Å². The second kappa shape index (κ2) is 6.44. The van der Waals surface area contributed by atoms with Crippen LogP contribution in [0.2, 0.25) is 0 Å². The predicted octanol–water partition coefficient (Wildman–Crippen LogP) is 3.63. The minimum atomic E-state index is -0.461. The zero-order chi connectivity index (χ0) is 14.8. The normalized spacial score (nSPS) is 32.9. The molecule has 0 bridgehead atoms. The molecule has 116 valence electrons. The molecular weight excluding hydrogens is 256 g/mol. The number of hydrogen-bond donors (Lipinski definition) is 0. The topological polar surface area (TPSA) is 44.8 Å². The van der Waals surface area contributed by atoms with E-state index >= 15 is 0 Å². The molecule has 20 heavy (non-hydrogen) atoms. The summed E-state index contributed by atoms with van der Waals surface area (Å²) >= 11 is 0. The Morgan fingerprint density at radius 1 is 1.10 bits per heavy atom. The molecule has 0 radical (unpaired) electrons. The lowest BCUT2D eigenvalue weighted by atomic mass is 9.83. The van der Waals surface area contributed by atoms with Gasteiger partial charge < -0.3 is 14.2 Å². The summed E-state index contributed by atoms with van der Waals surface area (Å²) in [5.41, 5.74) is -0.119. The van der Waals surface area contributed by atoms with Gasteiger partial charge in [0.2, 0.25) is 6.29 Å². The lowest BCUT2D eigenvalue weighted by Crippen LogP contribution is -2.48. The molecule has 4 nitrogen and oxygen atoms in total. The highest BCUT2D eigenvalue weighted by Crippen LogP contribution is 2.38. The van der Waals surface area contributed by atoms with Gasteiger partial charge in [0.1, 0.15) is 0 Å². The van der Waals surface area contributed by atoms with Crippen LogP contribution in [-0.2, 0) is 19.0 Å². The third-order valence-corrected chi connectivity index (χ3v) is 4.18. The Morgan fingerprint density at radius 3 is 2.30 bits per heavy atom. The molecule has 1 aliphatic carbocycles. The molecule has 1 saturated carbocycles. The van der Waals surface area contributed by atoms with Crippen LogP contribution in [0.15, 0.2) is 0 Å². The Bertz CT molecular complexity index is 328. The van der Waals surface area contributed by atoms with Gasteiger partial charge in [-0.05, 0) is 18.8 Å². The molecule has 2 fully saturated rings. The fourth-order valence-corrected chi connectivity index (χ4v) is 3.11. The van der Waals surface area contributed by atoms with Gasteiger partial charge in [-0.25, -0.2) is 0 Å². The van der Waals surface area contributed by atoms with Gasteiger partial charge in [0.05, 0.1) is 6.10 Å². The Hall–Kier alpha value is -0.610. The van der Waals surface area contributed by atoms with Gasteiger partial charge in [0.25, 0.3) is 0 Å². The molecular formula is C16H28O4.